The van der Waals surface area contributed by atoms with Crippen LogP contribution in [-0.4, -0.2) is 49.2 Å². The van der Waals surface area contributed by atoms with E-state index in [1.165, 1.54) is 57.8 Å². The summed E-state index contributed by atoms with van der Waals surface area (Å²) < 4.78 is 11.7. The van der Waals surface area contributed by atoms with Crippen molar-refractivity contribution >= 4 is 11.9 Å². The molecule has 1 aliphatic heterocycles. The highest BCUT2D eigenvalue weighted by atomic mass is 16.5. The van der Waals surface area contributed by atoms with Gasteiger partial charge in [-0.05, 0) is 141 Å². The molecular weight excluding hydrogens is 546 g/mol. The largest absolute Gasteiger partial charge is 0.462 e. The van der Waals surface area contributed by atoms with Gasteiger partial charge in [-0.1, -0.05) is 41.5 Å². The summed E-state index contributed by atoms with van der Waals surface area (Å²) in [6, 6.07) is 0. The Hall–Kier alpha value is -1.10. The first kappa shape index (κ1) is 31.5. The molecule has 5 nitrogen and oxygen atoms in total. The van der Waals surface area contributed by atoms with Crippen molar-refractivity contribution in [1.29, 1.82) is 0 Å². The van der Waals surface area contributed by atoms with Gasteiger partial charge in [0.05, 0.1) is 11.5 Å². The fourth-order valence-corrected chi connectivity index (χ4v) is 14.3. The number of amides is 1. The van der Waals surface area contributed by atoms with E-state index in [0.717, 1.165) is 45.2 Å². The Balaban J connectivity index is 1.22. The number of rotatable bonds is 4. The molecule has 1 heterocycles. The smallest absolute Gasteiger partial charge is 0.302 e. The maximum Gasteiger partial charge on any atom is 0.302 e. The maximum absolute atomic E-state index is 14.9. The van der Waals surface area contributed by atoms with Crippen molar-refractivity contribution in [2.24, 2.45) is 62.1 Å². The number of nitrogens with zero attached hydrogens (tertiary/aromatic N) is 1. The molecule has 248 valence electrons. The average Bonchev–Trinajstić information content (AvgIpc) is 3.59. The number of likely N-dealkylation sites (tertiary alicyclic amines) is 1. The quantitative estimate of drug-likeness (QED) is 0.300. The number of carbonyl (C=O) groups excluding carboxylic acids is 2. The topological polar surface area (TPSA) is 55.8 Å². The lowest BCUT2D eigenvalue weighted by atomic mass is 9.32. The third-order valence-electron chi connectivity index (χ3n) is 17.1. The second-order valence-corrected chi connectivity index (χ2v) is 18.8. The van der Waals surface area contributed by atoms with E-state index in [1.54, 1.807) is 6.92 Å². The molecule has 0 radical (unpaired) electrons. The summed E-state index contributed by atoms with van der Waals surface area (Å²) in [4.78, 5) is 29.2. The van der Waals surface area contributed by atoms with Crippen LogP contribution in [0.25, 0.3) is 0 Å². The fourth-order valence-electron chi connectivity index (χ4n) is 14.3. The number of methoxy groups -OCH3 is 1. The molecule has 7 rings (SSSR count). The molecule has 0 bridgehead atoms. The molecule has 7 fully saturated rings. The van der Waals surface area contributed by atoms with Crippen molar-refractivity contribution in [2.45, 2.75) is 151 Å². The Bertz CT molecular complexity index is 1170. The summed E-state index contributed by atoms with van der Waals surface area (Å²) in [6.45, 7) is 18.8. The van der Waals surface area contributed by atoms with Crippen LogP contribution in [0.3, 0.4) is 0 Å². The van der Waals surface area contributed by atoms with Crippen molar-refractivity contribution < 1.29 is 19.1 Å². The van der Waals surface area contributed by atoms with Crippen LogP contribution in [0.15, 0.2) is 0 Å². The zero-order valence-electron chi connectivity index (χ0n) is 29.4. The third-order valence-corrected chi connectivity index (χ3v) is 17.1. The summed E-state index contributed by atoms with van der Waals surface area (Å²) in [5.74, 6) is 3.57. The highest BCUT2D eigenvalue weighted by Crippen LogP contribution is 2.79. The van der Waals surface area contributed by atoms with Gasteiger partial charge in [0.25, 0.3) is 0 Å². The molecular formula is C39H63NO4. The van der Waals surface area contributed by atoms with Crippen LogP contribution >= 0.6 is 0 Å². The van der Waals surface area contributed by atoms with E-state index in [0.29, 0.717) is 47.0 Å². The molecule has 6 aliphatic carbocycles. The number of ether oxygens (including phenoxy) is 2. The molecule has 6 saturated carbocycles. The van der Waals surface area contributed by atoms with E-state index in [1.807, 2.05) is 7.11 Å². The highest BCUT2D eigenvalue weighted by molar-refractivity contribution is 5.84. The van der Waals surface area contributed by atoms with Gasteiger partial charge in [-0.15, -0.1) is 0 Å². The lowest BCUT2D eigenvalue weighted by Gasteiger charge is -2.73. The van der Waals surface area contributed by atoms with Crippen LogP contribution in [-0.2, 0) is 19.1 Å². The van der Waals surface area contributed by atoms with Gasteiger partial charge in [0.1, 0.15) is 6.10 Å². The Labute approximate surface area is 268 Å². The molecule has 0 aromatic rings. The van der Waals surface area contributed by atoms with E-state index in [-0.39, 0.29) is 39.1 Å². The maximum atomic E-state index is 14.9. The lowest BCUT2D eigenvalue weighted by Crippen LogP contribution is -2.67. The summed E-state index contributed by atoms with van der Waals surface area (Å²) in [5.41, 5.74) is 1.14. The monoisotopic (exact) mass is 609 g/mol. The van der Waals surface area contributed by atoms with Gasteiger partial charge in [0, 0.05) is 32.5 Å². The van der Waals surface area contributed by atoms with Gasteiger partial charge in [-0.2, -0.15) is 0 Å². The zero-order valence-corrected chi connectivity index (χ0v) is 29.4. The molecule has 0 spiro atoms. The van der Waals surface area contributed by atoms with E-state index in [4.69, 9.17) is 9.47 Å². The minimum atomic E-state index is -0.144. The molecule has 1 amide bonds. The normalized spacial score (nSPS) is 49.2. The third kappa shape index (κ3) is 4.17. The minimum absolute atomic E-state index is 0.000723. The van der Waals surface area contributed by atoms with Crippen molar-refractivity contribution in [3.8, 4) is 0 Å². The first-order valence-corrected chi connectivity index (χ1v) is 18.7. The van der Waals surface area contributed by atoms with Gasteiger partial charge in [-0.25, -0.2) is 0 Å². The number of fused-ring (bicyclic) bond motifs is 7. The van der Waals surface area contributed by atoms with Crippen LogP contribution in [0.2, 0.25) is 0 Å². The molecule has 1 saturated heterocycles. The van der Waals surface area contributed by atoms with E-state index >= 15 is 0 Å². The summed E-state index contributed by atoms with van der Waals surface area (Å²) in [7, 11) is 1.83. The summed E-state index contributed by atoms with van der Waals surface area (Å²) in [6.07, 6.45) is 17.0. The van der Waals surface area contributed by atoms with Crippen LogP contribution in [0.5, 0.6) is 0 Å². The summed E-state index contributed by atoms with van der Waals surface area (Å²) in [5, 5.41) is 0. The van der Waals surface area contributed by atoms with Crippen molar-refractivity contribution in [2.75, 3.05) is 20.2 Å². The molecule has 0 N–H and O–H groups in total. The first-order chi connectivity index (χ1) is 20.7. The van der Waals surface area contributed by atoms with Crippen molar-refractivity contribution in [1.82, 2.24) is 4.90 Å². The minimum Gasteiger partial charge on any atom is -0.462 e. The lowest BCUT2D eigenvalue weighted by molar-refractivity contribution is -0.251. The standard InChI is InChI=1S/C39H63NO4/c1-25(41)44-31-13-16-36(5)29(34(31,2)3)12-17-38(7)30(36)10-9-28-32-27(35(4)19-20-35)11-18-39(32,22-21-37(28,38)6)33(42)40-23-14-26(43-8)15-24-40/h26-32H,9-24H2,1-8H3/t27-,28-,29+,30-,31+,32-,36+,37-,38-,39+/m1/s1. The molecule has 0 aromatic carbocycles. The number of carbonyl (C=O) groups is 2. The zero-order chi connectivity index (χ0) is 31.5. The van der Waals surface area contributed by atoms with Crippen molar-refractivity contribution in [3.05, 3.63) is 0 Å². The second kappa shape index (κ2) is 10.2. The molecule has 0 aromatic heterocycles. The molecule has 44 heavy (non-hydrogen) atoms. The average molecular weight is 610 g/mol. The van der Waals surface area contributed by atoms with Gasteiger partial charge < -0.3 is 14.4 Å². The number of hydrogen-bond donors (Lipinski definition) is 0. The predicted molar refractivity (Wildman–Crippen MR) is 174 cm³/mol. The highest BCUT2D eigenvalue weighted by Gasteiger charge is 2.73. The SMILES string of the molecule is COC1CCN(C(=O)[C@]23CC[C@@H](C4(C)CC4)[C@@H]2[C@H]2CC[C@@H]4[C@@]5(C)CC[C@H](OC(C)=O)C(C)(C)[C@@H]5CC[C@@]4(C)[C@]2(C)CC3)CC1. The number of esters is 1. The number of hydrogen-bond acceptors (Lipinski definition) is 4. The van der Waals surface area contributed by atoms with Crippen LogP contribution in [0.4, 0.5) is 0 Å². The van der Waals surface area contributed by atoms with Gasteiger partial charge >= 0.3 is 5.97 Å². The number of piperidine rings is 1. The first-order valence-electron chi connectivity index (χ1n) is 18.7. The Morgan fingerprint density at radius 1 is 0.682 bits per heavy atom. The second-order valence-electron chi connectivity index (χ2n) is 18.8. The van der Waals surface area contributed by atoms with Crippen LogP contribution in [0, 0.1) is 62.1 Å². The van der Waals surface area contributed by atoms with E-state index in [2.05, 4.69) is 46.4 Å². The van der Waals surface area contributed by atoms with Gasteiger partial charge in [-0.3, -0.25) is 9.59 Å². The fraction of sp³-hybridized carbons (Fsp3) is 0.949. The Morgan fingerprint density at radius 2 is 1.39 bits per heavy atom. The van der Waals surface area contributed by atoms with Crippen LogP contribution in [0.1, 0.15) is 138 Å². The van der Waals surface area contributed by atoms with E-state index in [9.17, 15) is 9.59 Å². The van der Waals surface area contributed by atoms with Gasteiger partial charge in [0.15, 0.2) is 0 Å². The molecule has 0 unspecified atom stereocenters. The molecule has 5 heteroatoms. The molecule has 10 atom stereocenters. The van der Waals surface area contributed by atoms with E-state index < -0.39 is 0 Å². The Kier molecular flexibility index (Phi) is 7.30. The summed E-state index contributed by atoms with van der Waals surface area (Å²) >= 11 is 0. The van der Waals surface area contributed by atoms with Crippen LogP contribution < -0.4 is 0 Å². The predicted octanol–water partition coefficient (Wildman–Crippen LogP) is 8.44. The van der Waals surface area contributed by atoms with Gasteiger partial charge in [0.2, 0.25) is 5.91 Å². The Morgan fingerprint density at radius 3 is 2.02 bits per heavy atom. The molecule has 7 aliphatic rings. The van der Waals surface area contributed by atoms with Crippen molar-refractivity contribution in [3.63, 3.8) is 0 Å².